The topological polar surface area (TPSA) is 119 Å². The highest BCUT2D eigenvalue weighted by molar-refractivity contribution is 7.89. The van der Waals surface area contributed by atoms with Crippen LogP contribution in [0, 0.1) is 6.92 Å². The summed E-state index contributed by atoms with van der Waals surface area (Å²) in [6, 6.07) is 12.1. The van der Waals surface area contributed by atoms with Crippen molar-refractivity contribution in [2.45, 2.75) is 44.0 Å². The standard InChI is InChI=1S/C23H28N6O4S/c1-17-7-9-18(10-8-17)23-25-27-29(26-23)16-22(30)24-20-15-19(11-12-21(20)33-2)34(31,32)28-13-5-3-4-6-14-28/h7-12,15H,3-6,13-14,16H2,1-2H3,(H,24,30). The van der Waals surface area contributed by atoms with Crippen LogP contribution in [0.25, 0.3) is 11.4 Å². The number of nitrogens with one attached hydrogen (secondary N) is 1. The zero-order valence-electron chi connectivity index (χ0n) is 19.3. The van der Waals surface area contributed by atoms with Gasteiger partial charge in [0.05, 0.1) is 17.7 Å². The average Bonchev–Trinajstić information content (AvgIpc) is 3.10. The highest BCUT2D eigenvalue weighted by Crippen LogP contribution is 2.30. The number of hydrogen-bond acceptors (Lipinski definition) is 7. The van der Waals surface area contributed by atoms with Crippen LogP contribution in [-0.4, -0.2) is 59.0 Å². The van der Waals surface area contributed by atoms with Crippen molar-refractivity contribution >= 4 is 21.6 Å². The lowest BCUT2D eigenvalue weighted by Crippen LogP contribution is -2.32. The summed E-state index contributed by atoms with van der Waals surface area (Å²) in [5.74, 6) is 0.335. The maximum absolute atomic E-state index is 13.2. The lowest BCUT2D eigenvalue weighted by atomic mass is 10.1. The number of tetrazole rings is 1. The highest BCUT2D eigenvalue weighted by Gasteiger charge is 2.26. The van der Waals surface area contributed by atoms with Gasteiger partial charge in [0.15, 0.2) is 0 Å². The number of benzene rings is 2. The predicted octanol–water partition coefficient (Wildman–Crippen LogP) is 2.86. The van der Waals surface area contributed by atoms with Crippen molar-refractivity contribution in [3.63, 3.8) is 0 Å². The van der Waals surface area contributed by atoms with E-state index in [-0.39, 0.29) is 17.1 Å². The van der Waals surface area contributed by atoms with Crippen LogP contribution in [0.5, 0.6) is 5.75 Å². The van der Waals surface area contributed by atoms with E-state index in [0.29, 0.717) is 24.7 Å². The molecule has 2 aromatic carbocycles. The Kier molecular flexibility index (Phi) is 7.23. The van der Waals surface area contributed by atoms with Crippen LogP contribution >= 0.6 is 0 Å². The Morgan fingerprint density at radius 2 is 1.76 bits per heavy atom. The van der Waals surface area contributed by atoms with Gasteiger partial charge in [-0.3, -0.25) is 4.79 Å². The van der Waals surface area contributed by atoms with Crippen molar-refractivity contribution < 1.29 is 17.9 Å². The summed E-state index contributed by atoms with van der Waals surface area (Å²) < 4.78 is 33.2. The van der Waals surface area contributed by atoms with Gasteiger partial charge in [-0.15, -0.1) is 10.2 Å². The van der Waals surface area contributed by atoms with Crippen molar-refractivity contribution in [2.75, 3.05) is 25.5 Å². The van der Waals surface area contributed by atoms with Crippen LogP contribution in [0.15, 0.2) is 47.4 Å². The van der Waals surface area contributed by atoms with Gasteiger partial charge in [0, 0.05) is 18.7 Å². The monoisotopic (exact) mass is 484 g/mol. The zero-order chi connectivity index (χ0) is 24.1. The van der Waals surface area contributed by atoms with E-state index >= 15 is 0 Å². The third-order valence-corrected chi connectivity index (χ3v) is 7.59. The first kappa shape index (κ1) is 23.8. The van der Waals surface area contributed by atoms with Crippen molar-refractivity contribution in [1.29, 1.82) is 0 Å². The molecule has 4 rings (SSSR count). The fourth-order valence-electron chi connectivity index (χ4n) is 3.82. The molecule has 0 radical (unpaired) electrons. The third-order valence-electron chi connectivity index (χ3n) is 5.70. The molecule has 3 aromatic rings. The van der Waals surface area contributed by atoms with E-state index in [0.717, 1.165) is 36.8 Å². The maximum atomic E-state index is 13.2. The molecule has 1 fully saturated rings. The SMILES string of the molecule is COc1ccc(S(=O)(=O)N2CCCCCC2)cc1NC(=O)Cn1nnc(-c2ccc(C)cc2)n1. The first-order chi connectivity index (χ1) is 16.4. The number of nitrogens with zero attached hydrogens (tertiary/aromatic N) is 5. The molecule has 1 aromatic heterocycles. The summed E-state index contributed by atoms with van der Waals surface area (Å²) in [6.07, 6.45) is 3.73. The molecule has 0 unspecified atom stereocenters. The fraction of sp³-hybridized carbons (Fsp3) is 0.391. The van der Waals surface area contributed by atoms with Gasteiger partial charge < -0.3 is 10.1 Å². The van der Waals surface area contributed by atoms with Gasteiger partial charge in [0.25, 0.3) is 0 Å². The molecule has 1 amide bonds. The van der Waals surface area contributed by atoms with E-state index in [1.165, 1.54) is 28.3 Å². The Bertz CT molecular complexity index is 1250. The number of rotatable bonds is 7. The molecule has 0 saturated carbocycles. The van der Waals surface area contributed by atoms with Gasteiger partial charge in [-0.05, 0) is 43.2 Å². The lowest BCUT2D eigenvalue weighted by molar-refractivity contribution is -0.117. The largest absolute Gasteiger partial charge is 0.495 e. The molecule has 1 aliphatic heterocycles. The number of aromatic nitrogens is 4. The van der Waals surface area contributed by atoms with Crippen LogP contribution in [0.1, 0.15) is 31.2 Å². The van der Waals surface area contributed by atoms with E-state index in [9.17, 15) is 13.2 Å². The number of sulfonamides is 1. The Hall–Kier alpha value is -3.31. The normalized spacial score (nSPS) is 15.0. The molecule has 0 bridgehead atoms. The molecule has 2 heterocycles. The molecular formula is C23H28N6O4S. The summed E-state index contributed by atoms with van der Waals surface area (Å²) in [5, 5.41) is 14.9. The number of ether oxygens (including phenoxy) is 1. The second kappa shape index (κ2) is 10.3. The van der Waals surface area contributed by atoms with Crippen LogP contribution in [-0.2, 0) is 21.4 Å². The number of anilines is 1. The molecule has 1 N–H and O–H groups in total. The lowest BCUT2D eigenvalue weighted by Gasteiger charge is -2.21. The van der Waals surface area contributed by atoms with Crippen molar-refractivity contribution in [1.82, 2.24) is 24.5 Å². The van der Waals surface area contributed by atoms with E-state index in [4.69, 9.17) is 4.74 Å². The quantitative estimate of drug-likeness (QED) is 0.548. The average molecular weight is 485 g/mol. The smallest absolute Gasteiger partial charge is 0.248 e. The highest BCUT2D eigenvalue weighted by atomic mass is 32.2. The molecule has 10 nitrogen and oxygen atoms in total. The van der Waals surface area contributed by atoms with Gasteiger partial charge in [-0.25, -0.2) is 8.42 Å². The number of hydrogen-bond donors (Lipinski definition) is 1. The Morgan fingerprint density at radius 3 is 2.44 bits per heavy atom. The van der Waals surface area contributed by atoms with Crippen molar-refractivity contribution in [3.8, 4) is 17.1 Å². The summed E-state index contributed by atoms with van der Waals surface area (Å²) in [5.41, 5.74) is 2.18. The first-order valence-corrected chi connectivity index (χ1v) is 12.6. The van der Waals surface area contributed by atoms with E-state index in [1.54, 1.807) is 6.07 Å². The summed E-state index contributed by atoms with van der Waals surface area (Å²) in [7, 11) is -2.21. The number of methoxy groups -OCH3 is 1. The molecular weight excluding hydrogens is 456 g/mol. The van der Waals surface area contributed by atoms with Gasteiger partial charge >= 0.3 is 0 Å². The minimum atomic E-state index is -3.67. The third kappa shape index (κ3) is 5.42. The summed E-state index contributed by atoms with van der Waals surface area (Å²) in [6.45, 7) is 2.79. The second-order valence-electron chi connectivity index (χ2n) is 8.24. The molecule has 0 aliphatic carbocycles. The molecule has 11 heteroatoms. The molecule has 0 spiro atoms. The molecule has 1 saturated heterocycles. The Balaban J connectivity index is 1.49. The molecule has 180 valence electrons. The first-order valence-electron chi connectivity index (χ1n) is 11.2. The van der Waals surface area contributed by atoms with Gasteiger partial charge in [0.1, 0.15) is 12.3 Å². The number of aryl methyl sites for hydroxylation is 1. The second-order valence-corrected chi connectivity index (χ2v) is 10.2. The number of carbonyl (C=O) groups is 1. The van der Waals surface area contributed by atoms with Crippen LogP contribution in [0.3, 0.4) is 0 Å². The Labute approximate surface area is 199 Å². The number of amides is 1. The number of carbonyl (C=O) groups excluding carboxylic acids is 1. The minimum absolute atomic E-state index is 0.117. The van der Waals surface area contributed by atoms with Gasteiger partial charge in [-0.2, -0.15) is 9.10 Å². The van der Waals surface area contributed by atoms with Gasteiger partial charge in [-0.1, -0.05) is 42.7 Å². The maximum Gasteiger partial charge on any atom is 0.248 e. The molecule has 1 aliphatic rings. The molecule has 0 atom stereocenters. The Morgan fingerprint density at radius 1 is 1.06 bits per heavy atom. The zero-order valence-corrected chi connectivity index (χ0v) is 20.1. The van der Waals surface area contributed by atoms with E-state index in [2.05, 4.69) is 20.7 Å². The van der Waals surface area contributed by atoms with E-state index in [1.807, 2.05) is 31.2 Å². The van der Waals surface area contributed by atoms with Crippen LogP contribution < -0.4 is 10.1 Å². The predicted molar refractivity (Wildman–Crippen MR) is 127 cm³/mol. The van der Waals surface area contributed by atoms with Crippen molar-refractivity contribution in [2.24, 2.45) is 0 Å². The van der Waals surface area contributed by atoms with Crippen LogP contribution in [0.2, 0.25) is 0 Å². The molecule has 34 heavy (non-hydrogen) atoms. The van der Waals surface area contributed by atoms with Crippen molar-refractivity contribution in [3.05, 3.63) is 48.0 Å². The summed E-state index contributed by atoms with van der Waals surface area (Å²) in [4.78, 5) is 14.0. The minimum Gasteiger partial charge on any atom is -0.495 e. The van der Waals surface area contributed by atoms with Crippen LogP contribution in [0.4, 0.5) is 5.69 Å². The van der Waals surface area contributed by atoms with E-state index < -0.39 is 15.9 Å². The summed E-state index contributed by atoms with van der Waals surface area (Å²) >= 11 is 0. The van der Waals surface area contributed by atoms with Gasteiger partial charge in [0.2, 0.25) is 21.8 Å². The fourth-order valence-corrected chi connectivity index (χ4v) is 5.37.